The van der Waals surface area contributed by atoms with E-state index in [1.165, 1.54) is 19.3 Å². The van der Waals surface area contributed by atoms with Gasteiger partial charge in [0.1, 0.15) is 0 Å². The van der Waals surface area contributed by atoms with Gasteiger partial charge in [-0.1, -0.05) is 36.8 Å². The highest BCUT2D eigenvalue weighted by molar-refractivity contribution is 5.85. The summed E-state index contributed by atoms with van der Waals surface area (Å²) in [5.41, 5.74) is 7.04. The van der Waals surface area contributed by atoms with Gasteiger partial charge in [0.15, 0.2) is 0 Å². The van der Waals surface area contributed by atoms with Crippen molar-refractivity contribution in [3.05, 3.63) is 35.9 Å². The summed E-state index contributed by atoms with van der Waals surface area (Å²) in [6.45, 7) is 1.51. The summed E-state index contributed by atoms with van der Waals surface area (Å²) in [4.78, 5) is 14.9. The Labute approximate surface area is 144 Å². The predicted octanol–water partition coefficient (Wildman–Crippen LogP) is 2.34. The lowest BCUT2D eigenvalue weighted by molar-refractivity contribution is -0.137. The van der Waals surface area contributed by atoms with Crippen LogP contribution >= 0.6 is 12.4 Å². The maximum Gasteiger partial charge on any atom is 0.226 e. The third kappa shape index (κ3) is 4.46. The summed E-state index contributed by atoms with van der Waals surface area (Å²) in [6.07, 6.45) is 4.32. The molecule has 0 radical (unpaired) electrons. The van der Waals surface area contributed by atoms with Crippen molar-refractivity contribution in [3.63, 3.8) is 0 Å². The SMILES string of the molecule is Cl.N[C@H]1C[C@H](C(=O)N(Cc2ccccc2)CC2CCC2)C[C@@H]1O. The molecule has 0 aromatic heterocycles. The Kier molecular flexibility index (Phi) is 6.45. The molecule has 0 aliphatic heterocycles. The number of aliphatic hydroxyl groups excluding tert-OH is 1. The van der Waals surface area contributed by atoms with Gasteiger partial charge in [-0.2, -0.15) is 0 Å². The minimum atomic E-state index is -0.531. The molecule has 23 heavy (non-hydrogen) atoms. The molecule has 1 aromatic carbocycles. The number of hydrogen-bond acceptors (Lipinski definition) is 3. The zero-order chi connectivity index (χ0) is 15.5. The van der Waals surface area contributed by atoms with Crippen LogP contribution in [-0.2, 0) is 11.3 Å². The number of benzene rings is 1. The molecule has 2 fully saturated rings. The van der Waals surface area contributed by atoms with Crippen LogP contribution in [0.4, 0.5) is 0 Å². The standard InChI is InChI=1S/C18H26N2O2.ClH/c19-16-9-15(10-17(16)21)18(22)20(12-14-7-4-8-14)11-13-5-2-1-3-6-13;/h1-3,5-6,14-17,21H,4,7-12,19H2;1H/t15-,16-,17-;/m0./s1. The molecule has 3 N–H and O–H groups in total. The molecule has 5 heteroatoms. The lowest BCUT2D eigenvalue weighted by atomic mass is 9.84. The van der Waals surface area contributed by atoms with Crippen LogP contribution in [0, 0.1) is 11.8 Å². The van der Waals surface area contributed by atoms with Gasteiger partial charge in [0.2, 0.25) is 5.91 Å². The highest BCUT2D eigenvalue weighted by Gasteiger charge is 2.37. The summed E-state index contributed by atoms with van der Waals surface area (Å²) < 4.78 is 0. The Balaban J connectivity index is 0.00000192. The largest absolute Gasteiger partial charge is 0.391 e. The average molecular weight is 339 g/mol. The van der Waals surface area contributed by atoms with E-state index in [1.54, 1.807) is 0 Å². The molecule has 0 spiro atoms. The quantitative estimate of drug-likeness (QED) is 0.866. The Morgan fingerprint density at radius 3 is 2.43 bits per heavy atom. The lowest BCUT2D eigenvalue weighted by Gasteiger charge is -2.34. The number of carbonyl (C=O) groups excluding carboxylic acids is 1. The zero-order valence-corrected chi connectivity index (χ0v) is 14.3. The van der Waals surface area contributed by atoms with Gasteiger partial charge in [0.25, 0.3) is 0 Å². The molecular formula is C18H27ClN2O2. The van der Waals surface area contributed by atoms with Crippen molar-refractivity contribution in [2.75, 3.05) is 6.54 Å². The van der Waals surface area contributed by atoms with E-state index in [0.29, 0.717) is 25.3 Å². The number of rotatable bonds is 5. The second kappa shape index (κ2) is 8.13. The number of amides is 1. The summed E-state index contributed by atoms with van der Waals surface area (Å²) in [5.74, 6) is 0.698. The van der Waals surface area contributed by atoms with Gasteiger partial charge in [0, 0.05) is 25.0 Å². The van der Waals surface area contributed by atoms with Gasteiger partial charge in [-0.25, -0.2) is 0 Å². The maximum atomic E-state index is 12.9. The third-order valence-corrected chi connectivity index (χ3v) is 5.16. The minimum Gasteiger partial charge on any atom is -0.391 e. The summed E-state index contributed by atoms with van der Waals surface area (Å²) in [6, 6.07) is 9.89. The molecule has 0 saturated heterocycles. The molecular weight excluding hydrogens is 312 g/mol. The second-order valence-electron chi connectivity index (χ2n) is 6.90. The van der Waals surface area contributed by atoms with Crippen LogP contribution in [0.5, 0.6) is 0 Å². The van der Waals surface area contributed by atoms with Crippen molar-refractivity contribution >= 4 is 18.3 Å². The number of halogens is 1. The molecule has 2 aliphatic rings. The normalized spacial score (nSPS) is 27.1. The average Bonchev–Trinajstić information content (AvgIpc) is 2.81. The van der Waals surface area contributed by atoms with E-state index in [1.807, 2.05) is 23.1 Å². The fraction of sp³-hybridized carbons (Fsp3) is 0.611. The highest BCUT2D eigenvalue weighted by Crippen LogP contribution is 2.31. The first-order chi connectivity index (χ1) is 10.6. The van der Waals surface area contributed by atoms with Gasteiger partial charge in [-0.15, -0.1) is 12.4 Å². The molecule has 3 rings (SSSR count). The van der Waals surface area contributed by atoms with E-state index in [0.717, 1.165) is 12.1 Å². The number of carbonyl (C=O) groups is 1. The van der Waals surface area contributed by atoms with E-state index in [4.69, 9.17) is 5.73 Å². The molecule has 4 nitrogen and oxygen atoms in total. The monoisotopic (exact) mass is 338 g/mol. The topological polar surface area (TPSA) is 66.6 Å². The second-order valence-corrected chi connectivity index (χ2v) is 6.90. The van der Waals surface area contributed by atoms with Crippen molar-refractivity contribution in [2.45, 2.75) is 50.8 Å². The number of nitrogens with zero attached hydrogens (tertiary/aromatic N) is 1. The molecule has 2 saturated carbocycles. The number of nitrogens with two attached hydrogens (primary N) is 1. The molecule has 128 valence electrons. The predicted molar refractivity (Wildman–Crippen MR) is 93.2 cm³/mol. The molecule has 2 aliphatic carbocycles. The van der Waals surface area contributed by atoms with Crippen molar-refractivity contribution < 1.29 is 9.90 Å². The summed E-state index contributed by atoms with van der Waals surface area (Å²) in [5, 5.41) is 9.83. The van der Waals surface area contributed by atoms with Crippen LogP contribution in [0.1, 0.15) is 37.7 Å². The lowest BCUT2D eigenvalue weighted by Crippen LogP contribution is -2.40. The first-order valence-corrected chi connectivity index (χ1v) is 8.40. The fourth-order valence-corrected chi connectivity index (χ4v) is 3.53. The first kappa shape index (κ1) is 18.2. The molecule has 0 heterocycles. The summed E-state index contributed by atoms with van der Waals surface area (Å²) in [7, 11) is 0. The van der Waals surface area contributed by atoms with Gasteiger partial charge < -0.3 is 15.7 Å². The van der Waals surface area contributed by atoms with Crippen LogP contribution < -0.4 is 5.73 Å². The van der Waals surface area contributed by atoms with Crippen molar-refractivity contribution in [1.82, 2.24) is 4.90 Å². The van der Waals surface area contributed by atoms with Gasteiger partial charge in [-0.3, -0.25) is 4.79 Å². The molecule has 1 aromatic rings. The molecule has 3 atom stereocenters. The zero-order valence-electron chi connectivity index (χ0n) is 13.4. The Morgan fingerprint density at radius 1 is 1.22 bits per heavy atom. The van der Waals surface area contributed by atoms with Crippen LogP contribution in [0.3, 0.4) is 0 Å². The Hall–Kier alpha value is -1.10. The van der Waals surface area contributed by atoms with Gasteiger partial charge >= 0.3 is 0 Å². The van der Waals surface area contributed by atoms with Crippen molar-refractivity contribution in [1.29, 1.82) is 0 Å². The molecule has 0 bridgehead atoms. The van der Waals surface area contributed by atoms with Crippen LogP contribution in [0.2, 0.25) is 0 Å². The van der Waals surface area contributed by atoms with Gasteiger partial charge in [0.05, 0.1) is 6.10 Å². The Bertz CT molecular complexity index is 497. The molecule has 0 unspecified atom stereocenters. The third-order valence-electron chi connectivity index (χ3n) is 5.16. The number of hydrogen-bond donors (Lipinski definition) is 2. The minimum absolute atomic E-state index is 0. The summed E-state index contributed by atoms with van der Waals surface area (Å²) >= 11 is 0. The van der Waals surface area contributed by atoms with Gasteiger partial charge in [-0.05, 0) is 37.2 Å². The van der Waals surface area contributed by atoms with E-state index in [9.17, 15) is 9.90 Å². The fourth-order valence-electron chi connectivity index (χ4n) is 3.53. The Morgan fingerprint density at radius 2 is 1.91 bits per heavy atom. The van der Waals surface area contributed by atoms with Crippen LogP contribution in [-0.4, -0.2) is 34.6 Å². The highest BCUT2D eigenvalue weighted by atomic mass is 35.5. The van der Waals surface area contributed by atoms with E-state index < -0.39 is 6.10 Å². The van der Waals surface area contributed by atoms with Crippen molar-refractivity contribution in [3.8, 4) is 0 Å². The number of aliphatic hydroxyl groups is 1. The van der Waals surface area contributed by atoms with Crippen LogP contribution in [0.15, 0.2) is 30.3 Å². The molecule has 1 amide bonds. The van der Waals surface area contributed by atoms with Crippen LogP contribution in [0.25, 0.3) is 0 Å². The first-order valence-electron chi connectivity index (χ1n) is 8.40. The van der Waals surface area contributed by atoms with E-state index in [2.05, 4.69) is 12.1 Å². The van der Waals surface area contributed by atoms with E-state index >= 15 is 0 Å². The van der Waals surface area contributed by atoms with Crippen molar-refractivity contribution in [2.24, 2.45) is 17.6 Å². The maximum absolute atomic E-state index is 12.9. The van der Waals surface area contributed by atoms with E-state index in [-0.39, 0.29) is 30.3 Å². The smallest absolute Gasteiger partial charge is 0.226 e.